The number of hydrogen-bond donors (Lipinski definition) is 0. The molecule has 2 rings (SSSR count). The molecule has 0 spiro atoms. The number of nitrogens with zero attached hydrogens (tertiary/aromatic N) is 3. The van der Waals surface area contributed by atoms with E-state index >= 15 is 0 Å². The van der Waals surface area contributed by atoms with E-state index in [1.54, 1.807) is 0 Å². The molecule has 4 heteroatoms. The van der Waals surface area contributed by atoms with Gasteiger partial charge in [-0.1, -0.05) is 4.90 Å². The van der Waals surface area contributed by atoms with Crippen molar-refractivity contribution >= 4 is 22.0 Å². The summed E-state index contributed by atoms with van der Waals surface area (Å²) < 4.78 is 1.90. The van der Waals surface area contributed by atoms with Crippen molar-refractivity contribution in [1.82, 2.24) is 8.83 Å². The van der Waals surface area contributed by atoms with E-state index in [1.807, 2.05) is 27.3 Å². The SMILES string of the molecule is BrN1C=CC2=N[C]=C[N+]2C1. The summed E-state index contributed by atoms with van der Waals surface area (Å²) in [4.78, 5) is 5.99. The van der Waals surface area contributed by atoms with Gasteiger partial charge >= 0.3 is 0 Å². The predicted octanol–water partition coefficient (Wildman–Crippen LogP) is 0.910. The summed E-state index contributed by atoms with van der Waals surface area (Å²) in [5.74, 6) is 0.954. The second-order valence-electron chi connectivity index (χ2n) is 2.05. The first-order chi connectivity index (χ1) is 4.86. The average molecular weight is 199 g/mol. The molecular formula is C6H5BrN3+. The Morgan fingerprint density at radius 2 is 2.70 bits per heavy atom. The number of halogens is 1. The van der Waals surface area contributed by atoms with E-state index in [-0.39, 0.29) is 0 Å². The molecule has 2 heterocycles. The lowest BCUT2D eigenvalue weighted by Crippen LogP contribution is -2.37. The molecule has 0 unspecified atom stereocenters. The van der Waals surface area contributed by atoms with Crippen molar-refractivity contribution < 1.29 is 0 Å². The van der Waals surface area contributed by atoms with Gasteiger partial charge in [-0.15, -0.1) is 0 Å². The van der Waals surface area contributed by atoms with Gasteiger partial charge in [-0.25, -0.2) is 0 Å². The van der Waals surface area contributed by atoms with E-state index in [0.29, 0.717) is 0 Å². The van der Waals surface area contributed by atoms with Crippen LogP contribution >= 0.6 is 16.1 Å². The first-order valence-electron chi connectivity index (χ1n) is 2.90. The maximum absolute atomic E-state index is 3.99. The summed E-state index contributed by atoms with van der Waals surface area (Å²) in [5, 5.41) is 0. The molecule has 10 heavy (non-hydrogen) atoms. The van der Waals surface area contributed by atoms with Crippen molar-refractivity contribution in [1.29, 1.82) is 0 Å². The number of aliphatic imine (C=N–C) groups is 1. The molecule has 0 aromatic heterocycles. The third-order valence-corrected chi connectivity index (χ3v) is 1.82. The van der Waals surface area contributed by atoms with Gasteiger partial charge in [0.1, 0.15) is 0 Å². The molecule has 0 aromatic rings. The molecule has 50 valence electrons. The highest BCUT2D eigenvalue weighted by Gasteiger charge is 2.28. The van der Waals surface area contributed by atoms with Crippen molar-refractivity contribution in [3.63, 3.8) is 0 Å². The molecule has 0 aliphatic carbocycles. The maximum atomic E-state index is 3.99. The van der Waals surface area contributed by atoms with Gasteiger partial charge in [0.15, 0.2) is 12.4 Å². The van der Waals surface area contributed by atoms with E-state index in [9.17, 15) is 0 Å². The Hall–Kier alpha value is -0.610. The molecule has 0 saturated heterocycles. The Balaban J connectivity index is 2.27. The first-order valence-corrected chi connectivity index (χ1v) is 3.61. The number of hydrogen-bond acceptors (Lipinski definition) is 3. The van der Waals surface area contributed by atoms with Gasteiger partial charge in [0, 0.05) is 12.3 Å². The van der Waals surface area contributed by atoms with Crippen LogP contribution in [0.3, 0.4) is 0 Å². The van der Waals surface area contributed by atoms with Crippen molar-refractivity contribution in [2.75, 3.05) is 6.67 Å². The monoisotopic (exact) mass is 198 g/mol. The molecule has 0 N–H and O–H groups in total. The lowest BCUT2D eigenvalue weighted by atomic mass is 10.4. The van der Waals surface area contributed by atoms with Crippen LogP contribution in [0.5, 0.6) is 0 Å². The Kier molecular flexibility index (Phi) is 1.35. The third kappa shape index (κ3) is 0.892. The standard InChI is InChI=1S/C6H5BrN3/c7-10-3-1-6-8-2-4-9(6)5-10/h1,3-4H,5H2/q+1. The van der Waals surface area contributed by atoms with Crippen LogP contribution in [0.4, 0.5) is 0 Å². The smallest absolute Gasteiger partial charge is 0.262 e. The summed E-state index contributed by atoms with van der Waals surface area (Å²) in [6, 6.07) is 0. The van der Waals surface area contributed by atoms with Gasteiger partial charge in [0.05, 0.1) is 16.1 Å². The zero-order valence-corrected chi connectivity index (χ0v) is 6.74. The lowest BCUT2D eigenvalue weighted by molar-refractivity contribution is 0.523. The minimum atomic E-state index is 0.794. The molecule has 0 aromatic carbocycles. The number of fused-ring (bicyclic) bond motifs is 1. The molecule has 0 atom stereocenters. The van der Waals surface area contributed by atoms with Crippen LogP contribution in [0.2, 0.25) is 0 Å². The molecule has 2 radical (unpaired) electrons. The van der Waals surface area contributed by atoms with Crippen molar-refractivity contribution in [3.05, 3.63) is 24.7 Å². The third-order valence-electron chi connectivity index (χ3n) is 1.36. The zero-order chi connectivity index (χ0) is 6.97. The molecule has 2 aliphatic heterocycles. The average Bonchev–Trinajstić information content (AvgIpc) is 2.33. The molecule has 0 fully saturated rings. The Morgan fingerprint density at radius 1 is 1.80 bits per heavy atom. The lowest BCUT2D eigenvalue weighted by Gasteiger charge is -2.13. The van der Waals surface area contributed by atoms with E-state index in [4.69, 9.17) is 0 Å². The highest BCUT2D eigenvalue weighted by molar-refractivity contribution is 9.07. The van der Waals surface area contributed by atoms with Crippen LogP contribution in [0.25, 0.3) is 0 Å². The fraction of sp³-hybridized carbons (Fsp3) is 0.167. The summed E-state index contributed by atoms with van der Waals surface area (Å²) >= 11 is 3.33. The molecular weight excluding hydrogens is 194 g/mol. The van der Waals surface area contributed by atoms with Crippen LogP contribution in [-0.4, -0.2) is 16.4 Å². The van der Waals surface area contributed by atoms with Gasteiger partial charge in [-0.05, 0) is 0 Å². The second-order valence-corrected chi connectivity index (χ2v) is 2.97. The van der Waals surface area contributed by atoms with E-state index < -0.39 is 0 Å². The normalized spacial score (nSPS) is 23.3. The fourth-order valence-corrected chi connectivity index (χ4v) is 1.24. The van der Waals surface area contributed by atoms with Crippen molar-refractivity contribution in [2.45, 2.75) is 0 Å². The largest absolute Gasteiger partial charge is 0.285 e. The first kappa shape index (κ1) is 6.12. The molecule has 0 bridgehead atoms. The molecule has 0 amide bonds. The topological polar surface area (TPSA) is 21.5 Å². The van der Waals surface area contributed by atoms with Gasteiger partial charge in [-0.3, -0.25) is 3.93 Å². The number of amidine groups is 1. The number of rotatable bonds is 0. The molecule has 0 saturated carbocycles. The van der Waals surface area contributed by atoms with Crippen LogP contribution in [0.15, 0.2) is 23.5 Å². The van der Waals surface area contributed by atoms with Gasteiger partial charge < -0.3 is 0 Å². The maximum Gasteiger partial charge on any atom is 0.285 e. The summed E-state index contributed by atoms with van der Waals surface area (Å²) in [6.45, 7) is 0.794. The van der Waals surface area contributed by atoms with Gasteiger partial charge in [0.2, 0.25) is 6.67 Å². The molecule has 3 nitrogen and oxygen atoms in total. The fourth-order valence-electron chi connectivity index (χ4n) is 0.882. The van der Waals surface area contributed by atoms with Crippen LogP contribution < -0.4 is 4.90 Å². The predicted molar refractivity (Wildman–Crippen MR) is 42.2 cm³/mol. The van der Waals surface area contributed by atoms with E-state index in [0.717, 1.165) is 12.5 Å². The zero-order valence-electron chi connectivity index (χ0n) is 5.16. The van der Waals surface area contributed by atoms with Crippen molar-refractivity contribution in [3.8, 4) is 0 Å². The van der Waals surface area contributed by atoms with E-state index in [1.165, 1.54) is 0 Å². The highest BCUT2D eigenvalue weighted by Crippen LogP contribution is 2.10. The van der Waals surface area contributed by atoms with Crippen LogP contribution in [0.1, 0.15) is 0 Å². The summed E-state index contributed by atoms with van der Waals surface area (Å²) in [7, 11) is 0. The highest BCUT2D eigenvalue weighted by atomic mass is 79.9. The van der Waals surface area contributed by atoms with E-state index in [2.05, 4.69) is 27.3 Å². The molecule has 2 aliphatic rings. The Bertz CT molecular complexity index is 231. The van der Waals surface area contributed by atoms with Crippen LogP contribution in [-0.2, 0) is 0 Å². The quantitative estimate of drug-likeness (QED) is 0.419. The Morgan fingerprint density at radius 3 is 3.60 bits per heavy atom. The summed E-state index contributed by atoms with van der Waals surface area (Å²) in [5.41, 5.74) is 0. The van der Waals surface area contributed by atoms with Gasteiger partial charge in [0.25, 0.3) is 5.84 Å². The summed E-state index contributed by atoms with van der Waals surface area (Å²) in [6.07, 6.45) is 8.45. The van der Waals surface area contributed by atoms with Crippen LogP contribution in [0, 0.1) is 6.20 Å². The second kappa shape index (κ2) is 2.21. The minimum Gasteiger partial charge on any atom is -0.262 e. The Labute approximate surface area is 67.7 Å². The van der Waals surface area contributed by atoms with Gasteiger partial charge in [-0.2, -0.15) is 4.99 Å². The minimum absolute atomic E-state index is 0.794. The van der Waals surface area contributed by atoms with Crippen molar-refractivity contribution in [2.24, 2.45) is 4.99 Å².